The summed E-state index contributed by atoms with van der Waals surface area (Å²) in [6, 6.07) is 5.34. The number of primary amides is 1. The van der Waals surface area contributed by atoms with Crippen LogP contribution in [0.5, 0.6) is 0 Å². The van der Waals surface area contributed by atoms with E-state index in [-0.39, 0.29) is 106 Å². The van der Waals surface area contributed by atoms with Gasteiger partial charge in [-0.25, -0.2) is 13.2 Å². The van der Waals surface area contributed by atoms with Crippen LogP contribution < -0.4 is 31.7 Å². The molecule has 0 aliphatic heterocycles. The molecule has 534 valence electrons. The number of carbonyl (C=O) groups excluding carboxylic acids is 8. The Kier molecular flexibility index (Phi) is 50.4. The van der Waals surface area contributed by atoms with Gasteiger partial charge in [0.05, 0.1) is 11.7 Å². The fraction of sp³-hybridized carbons (Fsp3) is 0.746. The first kappa shape index (κ1) is 85.3. The van der Waals surface area contributed by atoms with Gasteiger partial charge in [-0.05, 0) is 104 Å². The van der Waals surface area contributed by atoms with E-state index in [1.165, 1.54) is 51.4 Å². The number of nitrogens with one attached hydrogen (secondary N) is 6. The molecule has 1 aromatic carbocycles. The molecule has 0 aliphatic rings. The van der Waals surface area contributed by atoms with Gasteiger partial charge in [0.2, 0.25) is 39.6 Å². The van der Waals surface area contributed by atoms with Crippen molar-refractivity contribution in [3.8, 4) is 0 Å². The van der Waals surface area contributed by atoms with E-state index in [4.69, 9.17) is 15.2 Å². The van der Waals surface area contributed by atoms with Crippen LogP contribution in [0.25, 0.3) is 0 Å². The standard InChI is InChI=1S/C49H87N7O12S.C18H27N3O4/c1-2-68-37-25-28-41(57)33-34-43(49(64)65)51-46(60)35-32-40(48(62)63)39-42(58)27-21-17-13-9-8-12-16-20-24-36-50-45(59)31-26-38-69(66,67)54-47(61)30-23-19-15-11-7-5-3-4-6-10-14-18-22-29-44-52-55-56-53-44;1-3-25-12-16(22)21-15(17(19)23)6-4-5-11-20-18(24)14-9-7-13(2)8-10-14/h40,43H,2-39H2,1H3,(H,50,59)(H,51,60)(H,54,61)(H,62,63)(H,64,65)(H,52,53,55,56);7-10,15H,3-6,11-12H2,1-2H3,(H2,19,23)(H,20,24)(H,21,22)/t40-,43?;15-/m10/s1. The van der Waals surface area contributed by atoms with E-state index in [9.17, 15) is 66.6 Å². The van der Waals surface area contributed by atoms with Crippen LogP contribution in [0.1, 0.15) is 267 Å². The number of ketones is 2. The number of hydrogen-bond donors (Lipinski definition) is 9. The molecule has 2 aromatic rings. The highest BCUT2D eigenvalue weighted by atomic mass is 32.2. The van der Waals surface area contributed by atoms with Crippen LogP contribution in [0.3, 0.4) is 0 Å². The third kappa shape index (κ3) is 48.9. The minimum atomic E-state index is -3.78. The summed E-state index contributed by atoms with van der Waals surface area (Å²) in [6.45, 7) is 7.92. The molecule has 3 atom stereocenters. The molecule has 6 amide bonds. The quantitative estimate of drug-likeness (QED) is 0.0280. The number of nitrogens with zero attached hydrogens (tertiary/aromatic N) is 3. The zero-order valence-corrected chi connectivity index (χ0v) is 57.4. The van der Waals surface area contributed by atoms with Crippen molar-refractivity contribution < 1.29 is 76.0 Å². The van der Waals surface area contributed by atoms with Crippen molar-refractivity contribution in [2.24, 2.45) is 11.7 Å². The maximum absolute atomic E-state index is 12.5. The fourth-order valence-electron chi connectivity index (χ4n) is 10.2. The second-order valence-corrected chi connectivity index (χ2v) is 25.9. The summed E-state index contributed by atoms with van der Waals surface area (Å²) in [7, 11) is -3.78. The molecule has 27 heteroatoms. The highest BCUT2D eigenvalue weighted by molar-refractivity contribution is 7.90. The Morgan fingerprint density at radius 2 is 1.06 bits per heavy atom. The normalized spacial score (nSPS) is 12.1. The van der Waals surface area contributed by atoms with Gasteiger partial charge in [0, 0.05) is 89.8 Å². The maximum atomic E-state index is 12.5. The van der Waals surface area contributed by atoms with E-state index in [0.29, 0.717) is 77.0 Å². The molecule has 10 N–H and O–H groups in total. The van der Waals surface area contributed by atoms with Gasteiger partial charge in [-0.2, -0.15) is 5.21 Å². The second-order valence-electron chi connectivity index (χ2n) is 24.1. The molecule has 1 unspecified atom stereocenters. The molecule has 94 heavy (non-hydrogen) atoms. The number of nitrogens with two attached hydrogens (primary N) is 1. The van der Waals surface area contributed by atoms with Gasteiger partial charge in [0.15, 0.2) is 5.82 Å². The molecule has 0 saturated heterocycles. The Balaban J connectivity index is 0.00000147. The predicted molar refractivity (Wildman–Crippen MR) is 357 cm³/mol. The number of carboxylic acids is 2. The van der Waals surface area contributed by atoms with Gasteiger partial charge < -0.3 is 46.7 Å². The minimum Gasteiger partial charge on any atom is -0.481 e. The number of sulfonamides is 1. The number of amides is 6. The lowest BCUT2D eigenvalue weighted by atomic mass is 9.94. The highest BCUT2D eigenvalue weighted by Gasteiger charge is 2.26. The van der Waals surface area contributed by atoms with Crippen molar-refractivity contribution in [3.05, 3.63) is 41.2 Å². The molecule has 0 aliphatic carbocycles. The van der Waals surface area contributed by atoms with Crippen molar-refractivity contribution in [2.45, 2.75) is 270 Å². The Bertz CT molecular complexity index is 2560. The predicted octanol–water partition coefficient (Wildman–Crippen LogP) is 8.52. The lowest BCUT2D eigenvalue weighted by molar-refractivity contribution is -0.145. The first-order valence-corrected chi connectivity index (χ1v) is 36.2. The Morgan fingerprint density at radius 1 is 0.532 bits per heavy atom. The average Bonchev–Trinajstić information content (AvgIpc) is 2.37. The number of carbonyl (C=O) groups is 10. The molecular weight excluding hydrogens is 1230 g/mol. The SMILES string of the molecule is CCOCC(=O)N[C@@H](CCCCNC(=O)c1ccc(C)cc1)C(N)=O.CCOCCCC(=O)CCC(NC(=O)CC[C@H](CC(=O)CCCCCCCCCCCNC(=O)CCCS(=O)(=O)NC(=O)CCCCCCCCCCCCCCCc1nn[nH]n1)C(=O)O)C(=O)O. The Hall–Kier alpha value is -6.74. The Labute approximate surface area is 557 Å². The van der Waals surface area contributed by atoms with Crippen LogP contribution in [0, 0.1) is 12.8 Å². The van der Waals surface area contributed by atoms with E-state index in [2.05, 4.69) is 46.6 Å². The summed E-state index contributed by atoms with van der Waals surface area (Å²) in [5, 5.41) is 43.7. The summed E-state index contributed by atoms with van der Waals surface area (Å²) >= 11 is 0. The number of benzene rings is 1. The number of ether oxygens (including phenoxy) is 2. The molecule has 2 rings (SSSR count). The van der Waals surface area contributed by atoms with E-state index in [0.717, 1.165) is 94.9 Å². The first-order chi connectivity index (χ1) is 45.2. The van der Waals surface area contributed by atoms with Crippen molar-refractivity contribution in [1.29, 1.82) is 0 Å². The average molecular weight is 1350 g/mol. The number of carboxylic acid groups (broad SMARTS) is 2. The summed E-state index contributed by atoms with van der Waals surface area (Å²) < 4.78 is 37.0. The van der Waals surface area contributed by atoms with E-state index in [1.807, 2.05) is 26.0 Å². The monoisotopic (exact) mass is 1350 g/mol. The second kappa shape index (κ2) is 55.5. The summed E-state index contributed by atoms with van der Waals surface area (Å²) in [5.74, 6) is -5.74. The van der Waals surface area contributed by atoms with Crippen molar-refractivity contribution >= 4 is 69.0 Å². The molecule has 1 aromatic heterocycles. The van der Waals surface area contributed by atoms with Crippen LogP contribution in [0.15, 0.2) is 24.3 Å². The molecule has 0 radical (unpaired) electrons. The van der Waals surface area contributed by atoms with Crippen LogP contribution >= 0.6 is 0 Å². The highest BCUT2D eigenvalue weighted by Crippen LogP contribution is 2.18. The minimum absolute atomic E-state index is 0.0119. The molecule has 1 heterocycles. The zero-order valence-electron chi connectivity index (χ0n) is 56.6. The van der Waals surface area contributed by atoms with Crippen molar-refractivity contribution in [2.75, 3.05) is 45.3 Å². The maximum Gasteiger partial charge on any atom is 0.326 e. The smallest absolute Gasteiger partial charge is 0.326 e. The third-order valence-electron chi connectivity index (χ3n) is 15.7. The molecule has 0 spiro atoms. The summed E-state index contributed by atoms with van der Waals surface area (Å²) in [6.07, 6.45) is 26.4. The summed E-state index contributed by atoms with van der Waals surface area (Å²) in [5.41, 5.74) is 7.01. The van der Waals surface area contributed by atoms with Gasteiger partial charge in [0.1, 0.15) is 30.3 Å². The molecular formula is C67H114N10O16S. The number of hydrogen-bond acceptors (Lipinski definition) is 17. The topological polar surface area (TPSA) is 404 Å². The van der Waals surface area contributed by atoms with Crippen LogP contribution in [0.4, 0.5) is 0 Å². The Morgan fingerprint density at radius 3 is 1.63 bits per heavy atom. The van der Waals surface area contributed by atoms with Gasteiger partial charge in [0.25, 0.3) is 5.91 Å². The van der Waals surface area contributed by atoms with Crippen LogP contribution in [-0.2, 0) is 69.1 Å². The van der Waals surface area contributed by atoms with Crippen LogP contribution in [-0.4, -0.2) is 156 Å². The number of H-pyrrole nitrogens is 1. The van der Waals surface area contributed by atoms with Gasteiger partial charge in [-0.3, -0.25) is 47.9 Å². The lowest BCUT2D eigenvalue weighted by Crippen LogP contribution is -2.45. The summed E-state index contributed by atoms with van der Waals surface area (Å²) in [4.78, 5) is 120. The number of aliphatic carboxylic acids is 2. The van der Waals surface area contributed by atoms with E-state index < -0.39 is 57.7 Å². The number of Topliss-reactive ketones (excluding diaryl/α,β-unsaturated/α-hetero) is 2. The number of tetrazole rings is 1. The zero-order chi connectivity index (χ0) is 69.5. The van der Waals surface area contributed by atoms with E-state index >= 15 is 0 Å². The molecule has 0 saturated carbocycles. The molecule has 0 fully saturated rings. The molecule has 26 nitrogen and oxygen atoms in total. The van der Waals surface area contributed by atoms with Gasteiger partial charge in [-0.1, -0.05) is 138 Å². The number of unbranched alkanes of at least 4 members (excludes halogenated alkanes) is 21. The van der Waals surface area contributed by atoms with Crippen LogP contribution in [0.2, 0.25) is 0 Å². The largest absolute Gasteiger partial charge is 0.481 e. The van der Waals surface area contributed by atoms with Gasteiger partial charge in [-0.15, -0.1) is 10.2 Å². The van der Waals surface area contributed by atoms with Crippen molar-refractivity contribution in [3.63, 3.8) is 0 Å². The van der Waals surface area contributed by atoms with E-state index in [1.54, 1.807) is 19.1 Å². The number of rotatable bonds is 60. The van der Waals surface area contributed by atoms with Crippen molar-refractivity contribution in [1.82, 2.24) is 46.6 Å². The number of aromatic amines is 1. The lowest BCUT2D eigenvalue weighted by Gasteiger charge is -2.16. The number of aryl methyl sites for hydroxylation is 2. The third-order valence-corrected chi connectivity index (χ3v) is 17.1. The first-order valence-electron chi connectivity index (χ1n) is 34.6. The fourth-order valence-corrected chi connectivity index (χ4v) is 11.2. The molecule has 0 bridgehead atoms. The van der Waals surface area contributed by atoms with Gasteiger partial charge >= 0.3 is 11.9 Å². The number of aromatic nitrogens is 4.